The van der Waals surface area contributed by atoms with E-state index in [4.69, 9.17) is 9.47 Å². The molecule has 0 aromatic carbocycles. The first-order chi connectivity index (χ1) is 12.2. The average Bonchev–Trinajstić information content (AvgIpc) is 3.14. The second kappa shape index (κ2) is 6.03. The van der Waals surface area contributed by atoms with E-state index >= 15 is 0 Å². The fourth-order valence-electron chi connectivity index (χ4n) is 6.37. The van der Waals surface area contributed by atoms with Crippen LogP contribution in [0.1, 0.15) is 52.4 Å². The van der Waals surface area contributed by atoms with Crippen molar-refractivity contribution in [2.45, 2.75) is 70.4 Å². The van der Waals surface area contributed by atoms with Gasteiger partial charge >= 0.3 is 5.97 Å². The van der Waals surface area contributed by atoms with Gasteiger partial charge in [-0.1, -0.05) is 13.8 Å². The van der Waals surface area contributed by atoms with E-state index in [0.29, 0.717) is 25.4 Å². The molecule has 26 heavy (non-hydrogen) atoms. The molecule has 0 radical (unpaired) electrons. The molecule has 7 atom stereocenters. The maximum atomic E-state index is 11.4. The summed E-state index contributed by atoms with van der Waals surface area (Å²) in [5.41, 5.74) is -1.31. The van der Waals surface area contributed by atoms with Crippen molar-refractivity contribution in [2.24, 2.45) is 22.7 Å². The summed E-state index contributed by atoms with van der Waals surface area (Å²) in [5, 5.41) is 32.7. The minimum absolute atomic E-state index is 0.0101. The molecule has 0 amide bonds. The van der Waals surface area contributed by atoms with Crippen LogP contribution in [0.2, 0.25) is 0 Å². The molecular weight excluding hydrogens is 336 g/mol. The third-order valence-electron chi connectivity index (χ3n) is 8.23. The summed E-state index contributed by atoms with van der Waals surface area (Å²) in [6, 6.07) is 0. The van der Waals surface area contributed by atoms with E-state index in [9.17, 15) is 20.1 Å². The average molecular weight is 366 g/mol. The third kappa shape index (κ3) is 2.28. The van der Waals surface area contributed by atoms with E-state index in [1.807, 2.05) is 0 Å². The zero-order valence-corrected chi connectivity index (χ0v) is 15.6. The Morgan fingerprint density at radius 1 is 1.27 bits per heavy atom. The van der Waals surface area contributed by atoms with E-state index in [0.717, 1.165) is 31.3 Å². The van der Waals surface area contributed by atoms with Gasteiger partial charge in [0.2, 0.25) is 0 Å². The maximum absolute atomic E-state index is 11.4. The predicted octanol–water partition coefficient (Wildman–Crippen LogP) is 1.52. The summed E-state index contributed by atoms with van der Waals surface area (Å²) >= 11 is 0. The van der Waals surface area contributed by atoms with Crippen LogP contribution in [0.5, 0.6) is 0 Å². The van der Waals surface area contributed by atoms with Crippen molar-refractivity contribution >= 4 is 5.97 Å². The topological polar surface area (TPSA) is 96.2 Å². The van der Waals surface area contributed by atoms with Crippen molar-refractivity contribution in [3.8, 4) is 0 Å². The van der Waals surface area contributed by atoms with Crippen LogP contribution in [0.3, 0.4) is 0 Å². The molecule has 6 nitrogen and oxygen atoms in total. The van der Waals surface area contributed by atoms with Crippen LogP contribution in [0, 0.1) is 22.7 Å². The first-order valence-corrected chi connectivity index (χ1v) is 9.80. The molecule has 2 saturated carbocycles. The molecule has 0 bridgehead atoms. The molecule has 0 aromatic heterocycles. The molecule has 4 aliphatic rings. The Labute approximate surface area is 154 Å². The molecule has 1 saturated heterocycles. The van der Waals surface area contributed by atoms with Gasteiger partial charge < -0.3 is 24.8 Å². The number of aliphatic hydroxyl groups excluding tert-OH is 2. The Morgan fingerprint density at radius 2 is 2.04 bits per heavy atom. The standard InChI is InChI=1S/C20H30O6/c1-12-5-8-19-14(3-4-15(21)20(19,24)11-26-17(19)23)18(12,2)7-6-13-9-16(22)25-10-13/h9,12,14-15,17,21,23-24H,3-8,10-11H2,1-2H3/t12-,14-,15+,17-,18+,19+,20-/m0/s1. The number of esters is 1. The van der Waals surface area contributed by atoms with Crippen LogP contribution in [0.4, 0.5) is 0 Å². The van der Waals surface area contributed by atoms with Crippen molar-refractivity contribution in [2.75, 3.05) is 13.2 Å². The number of hydrogen-bond acceptors (Lipinski definition) is 6. The molecular formula is C20H30O6. The van der Waals surface area contributed by atoms with E-state index in [-0.39, 0.29) is 23.9 Å². The van der Waals surface area contributed by atoms with Crippen LogP contribution in [0.25, 0.3) is 0 Å². The van der Waals surface area contributed by atoms with Gasteiger partial charge in [-0.25, -0.2) is 4.79 Å². The Morgan fingerprint density at radius 3 is 2.73 bits per heavy atom. The molecule has 2 aliphatic heterocycles. The quantitative estimate of drug-likeness (QED) is 0.656. The summed E-state index contributed by atoms with van der Waals surface area (Å²) in [6.45, 7) is 4.84. The van der Waals surface area contributed by atoms with Gasteiger partial charge in [0.1, 0.15) is 12.2 Å². The molecule has 0 unspecified atom stereocenters. The highest BCUT2D eigenvalue weighted by atomic mass is 16.6. The monoisotopic (exact) mass is 366 g/mol. The Kier molecular flexibility index (Phi) is 4.27. The van der Waals surface area contributed by atoms with E-state index in [1.165, 1.54) is 0 Å². The number of ether oxygens (including phenoxy) is 2. The highest BCUT2D eigenvalue weighted by molar-refractivity contribution is 5.85. The lowest BCUT2D eigenvalue weighted by Crippen LogP contribution is -2.68. The lowest BCUT2D eigenvalue weighted by atomic mass is 9.42. The van der Waals surface area contributed by atoms with Crippen molar-refractivity contribution < 1.29 is 29.6 Å². The minimum atomic E-state index is -1.39. The molecule has 6 heteroatoms. The fourth-order valence-corrected chi connectivity index (χ4v) is 6.37. The van der Waals surface area contributed by atoms with Crippen LogP contribution in [0.15, 0.2) is 11.6 Å². The number of hydrogen-bond donors (Lipinski definition) is 3. The zero-order chi connectivity index (χ0) is 18.7. The molecule has 3 fully saturated rings. The number of aliphatic hydroxyl groups is 3. The lowest BCUT2D eigenvalue weighted by molar-refractivity contribution is -0.262. The van der Waals surface area contributed by atoms with E-state index < -0.39 is 23.4 Å². The third-order valence-corrected chi connectivity index (χ3v) is 8.23. The van der Waals surface area contributed by atoms with E-state index in [2.05, 4.69) is 13.8 Å². The Hall–Kier alpha value is -0.950. The molecule has 2 aliphatic carbocycles. The van der Waals surface area contributed by atoms with Crippen molar-refractivity contribution in [3.05, 3.63) is 11.6 Å². The highest BCUT2D eigenvalue weighted by Crippen LogP contribution is 2.67. The van der Waals surface area contributed by atoms with Crippen molar-refractivity contribution in [3.63, 3.8) is 0 Å². The van der Waals surface area contributed by atoms with Gasteiger partial charge in [-0.2, -0.15) is 0 Å². The molecule has 4 rings (SSSR count). The van der Waals surface area contributed by atoms with Crippen LogP contribution >= 0.6 is 0 Å². The van der Waals surface area contributed by atoms with Gasteiger partial charge in [0.15, 0.2) is 6.29 Å². The molecule has 146 valence electrons. The summed E-state index contributed by atoms with van der Waals surface area (Å²) < 4.78 is 10.5. The summed E-state index contributed by atoms with van der Waals surface area (Å²) in [6.07, 6.45) is 4.13. The number of carbonyl (C=O) groups is 1. The van der Waals surface area contributed by atoms with Crippen molar-refractivity contribution in [1.82, 2.24) is 0 Å². The first-order valence-electron chi connectivity index (χ1n) is 9.80. The second-order valence-corrected chi connectivity index (χ2v) is 9.13. The summed E-state index contributed by atoms with van der Waals surface area (Å²) in [5.74, 6) is 0.209. The molecule has 2 heterocycles. The van der Waals surface area contributed by atoms with Gasteiger partial charge in [0.05, 0.1) is 18.1 Å². The SMILES string of the molecule is C[C@H]1CC[C@@]23[C@@H](O)OC[C@]2(O)[C@H](O)CC[C@H]3[C@]1(C)CCC1=CC(=O)OC1. The number of rotatable bonds is 3. The fraction of sp³-hybridized carbons (Fsp3) is 0.850. The highest BCUT2D eigenvalue weighted by Gasteiger charge is 2.72. The van der Waals surface area contributed by atoms with Crippen LogP contribution in [-0.2, 0) is 14.3 Å². The van der Waals surface area contributed by atoms with Gasteiger partial charge in [-0.15, -0.1) is 0 Å². The lowest BCUT2D eigenvalue weighted by Gasteiger charge is -2.63. The van der Waals surface area contributed by atoms with Gasteiger partial charge in [0.25, 0.3) is 0 Å². The largest absolute Gasteiger partial charge is 0.458 e. The van der Waals surface area contributed by atoms with Gasteiger partial charge in [0, 0.05) is 6.08 Å². The number of cyclic esters (lactones) is 1. The van der Waals surface area contributed by atoms with Gasteiger partial charge in [-0.3, -0.25) is 0 Å². The minimum Gasteiger partial charge on any atom is -0.458 e. The smallest absolute Gasteiger partial charge is 0.331 e. The Bertz CT molecular complexity index is 632. The Balaban J connectivity index is 1.66. The molecule has 1 spiro atoms. The first kappa shape index (κ1) is 18.4. The van der Waals surface area contributed by atoms with Crippen LogP contribution in [-0.4, -0.2) is 52.5 Å². The van der Waals surface area contributed by atoms with Gasteiger partial charge in [-0.05, 0) is 61.3 Å². The summed E-state index contributed by atoms with van der Waals surface area (Å²) in [7, 11) is 0. The van der Waals surface area contributed by atoms with Crippen molar-refractivity contribution in [1.29, 1.82) is 0 Å². The maximum Gasteiger partial charge on any atom is 0.331 e. The van der Waals surface area contributed by atoms with E-state index in [1.54, 1.807) is 6.08 Å². The molecule has 3 N–H and O–H groups in total. The summed E-state index contributed by atoms with van der Waals surface area (Å²) in [4.78, 5) is 11.3. The van der Waals surface area contributed by atoms with Crippen LogP contribution < -0.4 is 0 Å². The zero-order valence-electron chi connectivity index (χ0n) is 15.6. The normalized spacial score (nSPS) is 50.8. The number of carbonyl (C=O) groups excluding carboxylic acids is 1. The molecule has 0 aromatic rings. The second-order valence-electron chi connectivity index (χ2n) is 9.13. The predicted molar refractivity (Wildman–Crippen MR) is 92.9 cm³/mol.